The van der Waals surface area contributed by atoms with E-state index < -0.39 is 158 Å². The van der Waals surface area contributed by atoms with Crippen molar-refractivity contribution in [3.63, 3.8) is 0 Å². The number of carbonyl (C=O) groups is 10. The van der Waals surface area contributed by atoms with Crippen LogP contribution < -0.4 is 56.7 Å². The molecule has 0 radical (unpaired) electrons. The van der Waals surface area contributed by atoms with E-state index in [1.165, 1.54) is 43.6 Å². The van der Waals surface area contributed by atoms with Gasteiger partial charge in [0.15, 0.2) is 5.03 Å². The third kappa shape index (κ3) is 20.9. The molecule has 2 unspecified atom stereocenters. The van der Waals surface area contributed by atoms with Crippen molar-refractivity contribution < 1.29 is 70.9 Å². The largest absolute Gasteiger partial charge is 0.487 e. The molecule has 9 aromatic rings. The fourth-order valence-electron chi connectivity index (χ4n) is 14.8. The van der Waals surface area contributed by atoms with Crippen LogP contribution in [0.3, 0.4) is 0 Å². The molecule has 9 heterocycles. The lowest BCUT2D eigenvalue weighted by Gasteiger charge is -2.37. The van der Waals surface area contributed by atoms with Gasteiger partial charge in [0.1, 0.15) is 84.4 Å². The summed E-state index contributed by atoms with van der Waals surface area (Å²) < 4.78 is 45.4. The van der Waals surface area contributed by atoms with Gasteiger partial charge in [0.25, 0.3) is 15.9 Å². The molecule has 33 nitrogen and oxygen atoms in total. The maximum atomic E-state index is 15.8. The van der Waals surface area contributed by atoms with Crippen molar-refractivity contribution in [2.75, 3.05) is 27.2 Å². The highest BCUT2D eigenvalue weighted by Gasteiger charge is 2.51. The number of aromatic nitrogens is 7. The first-order valence-corrected chi connectivity index (χ1v) is 40.9. The van der Waals surface area contributed by atoms with Gasteiger partial charge in [-0.3, -0.25) is 43.2 Å². The van der Waals surface area contributed by atoms with Gasteiger partial charge < -0.3 is 66.9 Å². The lowest BCUT2D eigenvalue weighted by atomic mass is 9.85. The number of carbonyl (C=O) groups excluding carboxylic acids is 9. The maximum Gasteiger partial charge on any atom is 0.326 e. The molecule has 12 atom stereocenters. The van der Waals surface area contributed by atoms with Crippen LogP contribution in [0.4, 0.5) is 0 Å². The van der Waals surface area contributed by atoms with Gasteiger partial charge in [-0.2, -0.15) is 8.42 Å². The zero-order chi connectivity index (χ0) is 85.2. The van der Waals surface area contributed by atoms with E-state index in [1.54, 1.807) is 143 Å². The molecule has 6 aromatic carbocycles. The molecule has 119 heavy (non-hydrogen) atoms. The minimum Gasteiger partial charge on any atom is -0.487 e. The van der Waals surface area contributed by atoms with Crippen molar-refractivity contribution in [1.82, 2.24) is 92.0 Å². The number of hydrogen-bond donors (Lipinski definition) is 10. The van der Waals surface area contributed by atoms with Gasteiger partial charge >= 0.3 is 5.97 Å². The number of sulfonamides is 1. The highest BCUT2D eigenvalue weighted by Crippen LogP contribution is 2.36. The Bertz CT molecular complexity index is 5350. The van der Waals surface area contributed by atoms with Crippen LogP contribution in [0.1, 0.15) is 114 Å². The van der Waals surface area contributed by atoms with E-state index in [9.17, 15) is 32.7 Å². The number of aliphatic carboxylic acids is 1. The number of nitrogens with zero attached hydrogens (tertiary/aromatic N) is 9. The van der Waals surface area contributed by atoms with Crippen molar-refractivity contribution in [2.45, 2.75) is 185 Å². The molecule has 0 aliphatic carbocycles. The second kappa shape index (κ2) is 36.9. The molecule has 8 bridgehead atoms. The second-order valence-electron chi connectivity index (χ2n) is 32.4. The highest BCUT2D eigenvalue weighted by molar-refractivity contribution is 7.90. The molecule has 34 heteroatoms. The molecule has 15 rings (SSSR count). The number of fused-ring (bicyclic) bond motifs is 2. The number of benzene rings is 6. The van der Waals surface area contributed by atoms with Gasteiger partial charge in [-0.25, -0.2) is 23.9 Å². The third-order valence-electron chi connectivity index (χ3n) is 21.8. The lowest BCUT2D eigenvalue weighted by molar-refractivity contribution is -0.145. The Morgan fingerprint density at radius 3 is 1.34 bits per heavy atom. The van der Waals surface area contributed by atoms with E-state index in [-0.39, 0.29) is 82.0 Å². The Labute approximate surface area is 688 Å². The number of amides is 9. The van der Waals surface area contributed by atoms with Gasteiger partial charge in [0.05, 0.1) is 36.6 Å². The number of nitrogens with one attached hydrogen (secondary N) is 9. The van der Waals surface area contributed by atoms with Crippen molar-refractivity contribution >= 4 is 90.7 Å². The molecule has 6 aliphatic rings. The second-order valence-corrected chi connectivity index (χ2v) is 34.1. The van der Waals surface area contributed by atoms with Crippen LogP contribution in [0.5, 0.6) is 11.5 Å². The van der Waals surface area contributed by atoms with E-state index in [1.807, 2.05) is 72.8 Å². The number of carboxylic acids is 1. The van der Waals surface area contributed by atoms with E-state index in [0.717, 1.165) is 21.5 Å². The Kier molecular flexibility index (Phi) is 26.6. The van der Waals surface area contributed by atoms with E-state index in [4.69, 9.17) is 9.47 Å². The molecule has 626 valence electrons. The van der Waals surface area contributed by atoms with Crippen molar-refractivity contribution in [1.29, 1.82) is 0 Å². The normalized spacial score (nSPS) is 21.0. The standard InChI is InChI=1S/C85H100N18O15S/c1-49(86-9)74(104)93-72(84(3,4)5)81(111)100-37-34-67-70(100)79(109)90-63(43-53-22-28-55-17-11-13-19-57(55)39-53)76(106)89-65(78(108)97-119(115,116)69-21-15-16-36-88-69)41-51-24-30-61(31-25-51)117-47-59-45-103(99-95-59)68-35-38-101(82(112)73(85(6,7)8)94-75(105)50(2)87-10)71(68)80(110)91-64(44-54-23-29-56-18-12-14-20-58(56)40-54)77(107)92-66(83(113)114)42-52-26-32-62(33-27-52)118-48-60-46-102(67)98-96-60/h11-33,36,39-40,45-46,49-50,63-68,70-73,86-87H,34-35,37-38,41-44,47-48H2,1-10H3,(H,89,106)(H,90,109)(H,91,110)(H,92,107)(H,93,104)(H,94,105)(H,97,108)(H,113,114)/t49-,50-,63-,64-,65-,66-,67+,68?,70?,71-,72+,73+/m0/s1. The monoisotopic (exact) mass is 1640 g/mol. The number of hydrogen-bond acceptors (Lipinski definition) is 21. The summed E-state index contributed by atoms with van der Waals surface area (Å²) in [5.74, 6) is -7.63. The Morgan fingerprint density at radius 2 is 0.941 bits per heavy atom. The zero-order valence-corrected chi connectivity index (χ0v) is 68.6. The smallest absolute Gasteiger partial charge is 0.326 e. The van der Waals surface area contributed by atoms with Crippen molar-refractivity contribution in [3.8, 4) is 11.5 Å². The number of pyridine rings is 1. The van der Waals surface area contributed by atoms with Gasteiger partial charge in [-0.05, 0) is 132 Å². The first-order valence-electron chi connectivity index (χ1n) is 39.4. The minimum atomic E-state index is -4.69. The van der Waals surface area contributed by atoms with Crippen molar-refractivity contribution in [3.05, 3.63) is 204 Å². The fourth-order valence-corrected chi connectivity index (χ4v) is 15.8. The van der Waals surface area contributed by atoms with Gasteiger partial charge in [0, 0.05) is 45.0 Å². The first kappa shape index (κ1) is 85.8. The minimum absolute atomic E-state index is 0.0328. The Balaban J connectivity index is 0.919. The van der Waals surface area contributed by atoms with Crippen LogP contribution in [-0.2, 0) is 96.9 Å². The maximum absolute atomic E-state index is 15.8. The Morgan fingerprint density at radius 1 is 0.529 bits per heavy atom. The molecule has 9 amide bonds. The van der Waals surface area contributed by atoms with Gasteiger partial charge in [-0.15, -0.1) is 10.2 Å². The summed E-state index contributed by atoms with van der Waals surface area (Å²) in [5, 5.41) is 54.4. The first-order chi connectivity index (χ1) is 56.7. The van der Waals surface area contributed by atoms with E-state index in [0.29, 0.717) is 28.0 Å². The number of carboxylic acid groups (broad SMARTS) is 1. The van der Waals surface area contributed by atoms with E-state index >= 15 is 28.8 Å². The summed E-state index contributed by atoms with van der Waals surface area (Å²) in [7, 11) is -1.49. The quantitative estimate of drug-likeness (QED) is 0.0651. The number of likely N-dealkylation sites (N-methyl/N-ethyl adjacent to an activating group) is 2. The molecule has 2 fully saturated rings. The van der Waals surface area contributed by atoms with Crippen LogP contribution in [0, 0.1) is 10.8 Å². The number of ether oxygens (including phenoxy) is 2. The molecule has 0 spiro atoms. The van der Waals surface area contributed by atoms with Crippen LogP contribution in [-0.4, -0.2) is 205 Å². The lowest BCUT2D eigenvalue weighted by Crippen LogP contribution is -2.62. The third-order valence-corrected chi connectivity index (χ3v) is 23.0. The molecule has 3 aromatic heterocycles. The molecule has 6 aliphatic heterocycles. The summed E-state index contributed by atoms with van der Waals surface area (Å²) in [5.41, 5.74) is 0.671. The summed E-state index contributed by atoms with van der Waals surface area (Å²) in [6.07, 6.45) is 3.59. The summed E-state index contributed by atoms with van der Waals surface area (Å²) in [6.45, 7) is 13.4. The predicted octanol–water partition coefficient (Wildman–Crippen LogP) is 4.10. The zero-order valence-electron chi connectivity index (χ0n) is 67.8. The van der Waals surface area contributed by atoms with Crippen molar-refractivity contribution in [2.24, 2.45) is 10.8 Å². The van der Waals surface area contributed by atoms with Crippen LogP contribution in [0.25, 0.3) is 21.5 Å². The summed E-state index contributed by atoms with van der Waals surface area (Å²) in [4.78, 5) is 155. The van der Waals surface area contributed by atoms with Gasteiger partial charge in [-0.1, -0.05) is 167 Å². The van der Waals surface area contributed by atoms with Gasteiger partial charge in [0.2, 0.25) is 47.3 Å². The average Bonchev–Trinajstić information content (AvgIpc) is 1.63. The summed E-state index contributed by atoms with van der Waals surface area (Å²) in [6, 6.07) is 27.9. The Hall–Kier alpha value is -12.6. The molecule has 0 saturated carbocycles. The molecule has 2 saturated heterocycles. The van der Waals surface area contributed by atoms with E-state index in [2.05, 4.69) is 72.9 Å². The predicted molar refractivity (Wildman–Crippen MR) is 437 cm³/mol. The number of rotatable bonds is 16. The fraction of sp³-hybridized carbons (Fsp3) is 0.400. The van der Waals surface area contributed by atoms with Crippen LogP contribution in [0.15, 0.2) is 175 Å². The SMILES string of the molecule is CN[C@@H](C)C(=O)N[C@H](C(=O)N1CC[C@@H]2C1C(=O)N[C@@H](Cc1ccc3ccccc3c1)C(=O)N[C@H](C(=O)NS(=O)(=O)c1ccccn1)Cc1ccc(cc1)OCc1cn(nn1)C1CCN(C(=O)[C@@H](NC(=O)[C@H](C)NC)C(C)(C)C)[C@@H]1C(=O)N[C@@H](Cc1ccc3ccccc3c1)C(=O)N[C@H](C(=O)O)Cc1ccc(cc1)OCc1cn2nn1)C(C)(C)C. The number of likely N-dealkylation sites (tertiary alicyclic amines) is 2. The average molecular weight is 1650 g/mol. The van der Waals surface area contributed by atoms with Crippen LogP contribution in [0.2, 0.25) is 0 Å². The molecular weight excluding hydrogens is 1550 g/mol. The topological polar surface area (TPSA) is 433 Å². The highest BCUT2D eigenvalue weighted by atomic mass is 32.2. The molecular formula is C85H100N18O15S. The summed E-state index contributed by atoms with van der Waals surface area (Å²) >= 11 is 0. The molecule has 10 N–H and O–H groups in total. The van der Waals surface area contributed by atoms with Crippen LogP contribution >= 0.6 is 0 Å².